The number of rotatable bonds is 2. The molecule has 0 nitrogen and oxygen atoms in total. The van der Waals surface area contributed by atoms with Crippen LogP contribution in [0, 0.1) is 0 Å². The molecule has 0 unspecified atom stereocenters. The van der Waals surface area contributed by atoms with Crippen molar-refractivity contribution < 1.29 is 0 Å². The van der Waals surface area contributed by atoms with E-state index >= 15 is 0 Å². The molecule has 0 saturated heterocycles. The van der Waals surface area contributed by atoms with Gasteiger partial charge in [-0.15, -0.1) is 0 Å². The van der Waals surface area contributed by atoms with E-state index in [0.717, 1.165) is 10.6 Å². The average Bonchev–Trinajstić information content (AvgIpc) is 2.27. The molecule has 2 rings (SSSR count). The van der Waals surface area contributed by atoms with Gasteiger partial charge in [-0.2, -0.15) is 0 Å². The molecule has 0 aromatic heterocycles. The summed E-state index contributed by atoms with van der Waals surface area (Å²) in [5, 5.41) is 4.26. The third-order valence-corrected chi connectivity index (χ3v) is 5.65. The van der Waals surface area contributed by atoms with E-state index in [-0.39, 0.29) is 8.58 Å². The molecule has 2 aromatic rings. The van der Waals surface area contributed by atoms with E-state index in [9.17, 15) is 0 Å². The molecule has 0 radical (unpaired) electrons. The molecule has 0 N–H and O–H groups in total. The lowest BCUT2D eigenvalue weighted by atomic mass is 10.3. The molecule has 0 aliphatic rings. The van der Waals surface area contributed by atoms with Crippen LogP contribution in [0.3, 0.4) is 0 Å². The van der Waals surface area contributed by atoms with Crippen LogP contribution in [-0.2, 0) is 0 Å². The fourth-order valence-corrected chi connectivity index (χ4v) is 3.78. The monoisotopic (exact) mass is 322 g/mol. The molecule has 0 amide bonds. The predicted octanol–water partition coefficient (Wildman–Crippen LogP) is 4.93. The van der Waals surface area contributed by atoms with Crippen molar-refractivity contribution in [3.8, 4) is 0 Å². The zero-order valence-corrected chi connectivity index (χ0v) is 12.5. The van der Waals surface area contributed by atoms with Crippen molar-refractivity contribution in [1.29, 1.82) is 0 Å². The maximum atomic E-state index is 6.12. The molecular weight excluding hydrogens is 317 g/mol. The summed E-state index contributed by atoms with van der Waals surface area (Å²) in [5.41, 5.74) is 0. The lowest BCUT2D eigenvalue weighted by molar-refractivity contribution is 1.75. The molecule has 88 valence electrons. The number of hydrogen-bond acceptors (Lipinski definition) is 0. The Morgan fingerprint density at radius 3 is 1.18 bits per heavy atom. The van der Waals surface area contributed by atoms with Crippen molar-refractivity contribution in [2.75, 3.05) is 0 Å². The van der Waals surface area contributed by atoms with E-state index in [4.69, 9.17) is 46.4 Å². The van der Waals surface area contributed by atoms with Gasteiger partial charge in [0.15, 0.2) is 0 Å². The lowest BCUT2D eigenvalue weighted by Gasteiger charge is -2.10. The van der Waals surface area contributed by atoms with Crippen LogP contribution >= 0.6 is 55.0 Å². The van der Waals surface area contributed by atoms with Gasteiger partial charge in [0.25, 0.3) is 0 Å². The Morgan fingerprint density at radius 2 is 0.882 bits per heavy atom. The van der Waals surface area contributed by atoms with Gasteiger partial charge in [-0.3, -0.25) is 0 Å². The molecule has 0 aliphatic heterocycles. The Bertz CT molecular complexity index is 464. The Hall–Kier alpha value is 0.0300. The van der Waals surface area contributed by atoms with E-state index in [1.54, 1.807) is 24.3 Å². The molecule has 0 saturated carbocycles. The molecule has 0 atom stereocenters. The summed E-state index contributed by atoms with van der Waals surface area (Å²) < 4.78 is 0. The fourth-order valence-electron chi connectivity index (χ4n) is 1.36. The van der Waals surface area contributed by atoms with Gasteiger partial charge in [-0.1, -0.05) is 67.1 Å². The van der Waals surface area contributed by atoms with Gasteiger partial charge in [0.1, 0.15) is 0 Å². The summed E-state index contributed by atoms with van der Waals surface area (Å²) >= 11 is 24.5. The van der Waals surface area contributed by atoms with Crippen molar-refractivity contribution >= 4 is 65.6 Å². The van der Waals surface area contributed by atoms with E-state index < -0.39 is 0 Å². The molecule has 0 bridgehead atoms. The third kappa shape index (κ3) is 3.08. The second-order valence-electron chi connectivity index (χ2n) is 3.32. The van der Waals surface area contributed by atoms with Crippen LogP contribution in [0.15, 0.2) is 36.4 Å². The molecule has 5 heteroatoms. The highest BCUT2D eigenvalue weighted by Crippen LogP contribution is 2.29. The lowest BCUT2D eigenvalue weighted by Crippen LogP contribution is -2.08. The van der Waals surface area contributed by atoms with Gasteiger partial charge in [-0.05, 0) is 24.3 Å². The number of hydrogen-bond donors (Lipinski definition) is 0. The van der Waals surface area contributed by atoms with E-state index in [0.29, 0.717) is 20.1 Å². The summed E-state index contributed by atoms with van der Waals surface area (Å²) in [6.07, 6.45) is 0. The first-order chi connectivity index (χ1) is 8.09. The SMILES string of the molecule is Clc1cccc(Cl)c1Pc1c(Cl)cccc1Cl. The van der Waals surface area contributed by atoms with Gasteiger partial charge in [0, 0.05) is 30.7 Å². The maximum Gasteiger partial charge on any atom is 0.0498 e. The zero-order valence-electron chi connectivity index (χ0n) is 8.48. The van der Waals surface area contributed by atoms with Crippen LogP contribution in [0.2, 0.25) is 20.1 Å². The minimum absolute atomic E-state index is 0.244. The number of halogens is 4. The minimum Gasteiger partial charge on any atom is -0.0836 e. The molecular formula is C12H7Cl4P. The maximum absolute atomic E-state index is 6.12. The van der Waals surface area contributed by atoms with Crippen molar-refractivity contribution in [2.24, 2.45) is 0 Å². The predicted molar refractivity (Wildman–Crippen MR) is 80.5 cm³/mol. The van der Waals surface area contributed by atoms with Crippen molar-refractivity contribution in [1.82, 2.24) is 0 Å². The van der Waals surface area contributed by atoms with Crippen LogP contribution in [0.5, 0.6) is 0 Å². The van der Waals surface area contributed by atoms with Gasteiger partial charge in [0.2, 0.25) is 0 Å². The van der Waals surface area contributed by atoms with Crippen LogP contribution in [0.1, 0.15) is 0 Å². The Balaban J connectivity index is 2.45. The molecule has 2 aromatic carbocycles. The van der Waals surface area contributed by atoms with Gasteiger partial charge < -0.3 is 0 Å². The zero-order chi connectivity index (χ0) is 12.4. The summed E-state index contributed by atoms with van der Waals surface area (Å²) in [6.45, 7) is 0. The molecule has 0 spiro atoms. The summed E-state index contributed by atoms with van der Waals surface area (Å²) in [4.78, 5) is 0. The second kappa shape index (κ2) is 5.78. The molecule has 0 heterocycles. The van der Waals surface area contributed by atoms with Gasteiger partial charge in [-0.25, -0.2) is 0 Å². The molecule has 0 fully saturated rings. The van der Waals surface area contributed by atoms with Crippen LogP contribution in [0.25, 0.3) is 0 Å². The smallest absolute Gasteiger partial charge is 0.0498 e. The highest BCUT2D eigenvalue weighted by Gasteiger charge is 2.11. The van der Waals surface area contributed by atoms with Crippen LogP contribution in [0.4, 0.5) is 0 Å². The van der Waals surface area contributed by atoms with Gasteiger partial charge in [0.05, 0.1) is 0 Å². The first kappa shape index (κ1) is 13.5. The van der Waals surface area contributed by atoms with Crippen LogP contribution in [-0.4, -0.2) is 0 Å². The van der Waals surface area contributed by atoms with E-state index in [1.165, 1.54) is 0 Å². The van der Waals surface area contributed by atoms with Crippen LogP contribution < -0.4 is 10.6 Å². The average molecular weight is 324 g/mol. The first-order valence-corrected chi connectivity index (χ1v) is 7.26. The van der Waals surface area contributed by atoms with Crippen molar-refractivity contribution in [3.63, 3.8) is 0 Å². The van der Waals surface area contributed by atoms with E-state index in [1.807, 2.05) is 12.1 Å². The Morgan fingerprint density at radius 1 is 0.588 bits per heavy atom. The first-order valence-electron chi connectivity index (χ1n) is 4.74. The summed E-state index contributed by atoms with van der Waals surface area (Å²) in [6, 6.07) is 10.8. The number of benzene rings is 2. The highest BCUT2D eigenvalue weighted by molar-refractivity contribution is 7.56. The van der Waals surface area contributed by atoms with Crippen molar-refractivity contribution in [3.05, 3.63) is 56.5 Å². The summed E-state index contributed by atoms with van der Waals surface area (Å²) in [5.74, 6) is 0. The topological polar surface area (TPSA) is 0 Å². The molecule has 17 heavy (non-hydrogen) atoms. The Labute approximate surface area is 122 Å². The standard InChI is InChI=1S/C12H7Cl4P/c13-7-3-1-4-8(14)11(7)17-12-9(15)5-2-6-10(12)16/h1-6,17H. The van der Waals surface area contributed by atoms with Gasteiger partial charge >= 0.3 is 0 Å². The normalized spacial score (nSPS) is 10.6. The highest BCUT2D eigenvalue weighted by atomic mass is 35.5. The quantitative estimate of drug-likeness (QED) is 0.687. The largest absolute Gasteiger partial charge is 0.0836 e. The summed E-state index contributed by atoms with van der Waals surface area (Å²) in [7, 11) is 0.244. The van der Waals surface area contributed by atoms with Crippen molar-refractivity contribution in [2.45, 2.75) is 0 Å². The minimum atomic E-state index is 0.244. The fraction of sp³-hybridized carbons (Fsp3) is 0. The molecule has 0 aliphatic carbocycles. The Kier molecular flexibility index (Phi) is 4.58. The second-order valence-corrected chi connectivity index (χ2v) is 6.20. The van der Waals surface area contributed by atoms with E-state index in [2.05, 4.69) is 0 Å². The third-order valence-electron chi connectivity index (χ3n) is 2.18.